The first-order valence-electron chi connectivity index (χ1n) is 0. The molecule has 0 bridgehead atoms. The SMILES string of the molecule is [GeH4].[GeH4].[GeH4].[GeH4].[GeH4].[Yb].[Yb].[Yb]. The zero-order chi connectivity index (χ0) is 0. The Balaban J connectivity index is 0. The summed E-state index contributed by atoms with van der Waals surface area (Å²) in [6.07, 6.45) is 0. The van der Waals surface area contributed by atoms with E-state index in [1.54, 1.807) is 0 Å². The minimum atomic E-state index is 0. The van der Waals surface area contributed by atoms with Crippen LogP contribution >= 0.6 is 0 Å². The van der Waals surface area contributed by atoms with Crippen LogP contribution in [0.2, 0.25) is 0 Å². The van der Waals surface area contributed by atoms with Crippen molar-refractivity contribution in [3.63, 3.8) is 0 Å². The van der Waals surface area contributed by atoms with Crippen molar-refractivity contribution in [3.05, 3.63) is 0 Å². The zero-order valence-corrected chi connectivity index (χ0v) is 5.95. The summed E-state index contributed by atoms with van der Waals surface area (Å²) >= 11 is 0. The van der Waals surface area contributed by atoms with Crippen LogP contribution in [0.3, 0.4) is 0 Å². The Morgan fingerprint density at radius 2 is 0.250 bits per heavy atom. The monoisotopic (exact) mass is 912 g/mol. The quantitative estimate of drug-likeness (QED) is 0.213. The molecule has 0 aliphatic carbocycles. The van der Waals surface area contributed by atoms with Gasteiger partial charge in [-0.2, -0.15) is 0 Å². The molecule has 0 saturated heterocycles. The minimum absolute atomic E-state index is 0. The first kappa shape index (κ1) is 58.8. The van der Waals surface area contributed by atoms with Crippen molar-refractivity contribution in [1.29, 1.82) is 0 Å². The molecule has 0 radical (unpaired) electrons. The number of hydrogen-bond acceptors (Lipinski definition) is 0. The van der Waals surface area contributed by atoms with Gasteiger partial charge >= 0.3 is 88.0 Å². The van der Waals surface area contributed by atoms with Crippen LogP contribution in [0.25, 0.3) is 0 Å². The van der Waals surface area contributed by atoms with E-state index in [9.17, 15) is 0 Å². The summed E-state index contributed by atoms with van der Waals surface area (Å²) < 4.78 is 0. The van der Waals surface area contributed by atoms with Crippen LogP contribution < -0.4 is 0 Å². The second-order valence-corrected chi connectivity index (χ2v) is 0. The fourth-order valence-corrected chi connectivity index (χ4v) is 0. The molecule has 0 aromatic carbocycles. The number of hydrogen-bond donors (Lipinski definition) is 0. The van der Waals surface area contributed by atoms with E-state index in [0.717, 1.165) is 0 Å². The van der Waals surface area contributed by atoms with Crippen LogP contribution in [0.1, 0.15) is 0 Å². The van der Waals surface area contributed by atoms with E-state index < -0.39 is 0 Å². The molecule has 0 atom stereocenters. The standard InChI is InChI=1S/5GeH4.3Yb/h5*1H4;;;. The average molecular weight is 902 g/mol. The van der Waals surface area contributed by atoms with Gasteiger partial charge in [0.2, 0.25) is 0 Å². The van der Waals surface area contributed by atoms with E-state index >= 15 is 0 Å². The largest absolute Gasteiger partial charge is 0 e. The summed E-state index contributed by atoms with van der Waals surface area (Å²) in [5.74, 6) is 0. The number of rotatable bonds is 0. The first-order chi connectivity index (χ1) is 0. The minimum Gasteiger partial charge on any atom is 0 e. The van der Waals surface area contributed by atoms with Gasteiger partial charge < -0.3 is 0 Å². The average Bonchev–Trinajstić information content (AvgIpc) is 0. The normalized spacial score (nSPS) is 0. The van der Waals surface area contributed by atoms with Crippen LogP contribution in [-0.2, 0) is 0 Å². The summed E-state index contributed by atoms with van der Waals surface area (Å²) in [4.78, 5) is 0. The summed E-state index contributed by atoms with van der Waals surface area (Å²) in [6, 6.07) is 0. The Bertz CT molecular complexity index is 7.64. The molecule has 82 valence electrons. The molecule has 0 spiro atoms. The van der Waals surface area contributed by atoms with E-state index in [-0.39, 0.29) is 229 Å². The molecule has 8 heavy (non-hydrogen) atoms. The third-order valence-corrected chi connectivity index (χ3v) is 0. The summed E-state index contributed by atoms with van der Waals surface area (Å²) in [6.45, 7) is 0. The summed E-state index contributed by atoms with van der Waals surface area (Å²) in [5, 5.41) is 0. The van der Waals surface area contributed by atoms with Crippen LogP contribution in [0.5, 0.6) is 0 Å². The van der Waals surface area contributed by atoms with Crippen molar-refractivity contribution >= 4 is 88.0 Å². The van der Waals surface area contributed by atoms with E-state index in [2.05, 4.69) is 0 Å². The van der Waals surface area contributed by atoms with Crippen LogP contribution in [0.15, 0.2) is 0 Å². The maximum Gasteiger partial charge on any atom is 0 e. The maximum absolute atomic E-state index is 0. The molecular formula is H20Ge5Yb3. The molecule has 0 heterocycles. The van der Waals surface area contributed by atoms with Crippen molar-refractivity contribution < 1.29 is 141 Å². The fraction of sp³-hybridized carbons (Fsp3) is 0. The molecule has 0 nitrogen and oxygen atoms in total. The van der Waals surface area contributed by atoms with Gasteiger partial charge in [-0.15, -0.1) is 0 Å². The molecule has 0 saturated carbocycles. The predicted octanol–water partition coefficient (Wildman–Crippen LogP) is -7.26. The Labute approximate surface area is 221 Å². The fourth-order valence-electron chi connectivity index (χ4n) is 0. The van der Waals surface area contributed by atoms with Gasteiger partial charge in [0, 0.05) is 141 Å². The second-order valence-electron chi connectivity index (χ2n) is 0. The second kappa shape index (κ2) is 47.5. The molecule has 0 aromatic rings. The van der Waals surface area contributed by atoms with Crippen LogP contribution in [-0.4, -0.2) is 88.0 Å². The van der Waals surface area contributed by atoms with Gasteiger partial charge in [-0.1, -0.05) is 0 Å². The Hall–Kier alpha value is 7.27. The van der Waals surface area contributed by atoms with Gasteiger partial charge in [-0.05, 0) is 0 Å². The zero-order valence-electron chi connectivity index (χ0n) is 0.802. The van der Waals surface area contributed by atoms with Crippen molar-refractivity contribution in [1.82, 2.24) is 0 Å². The van der Waals surface area contributed by atoms with E-state index in [0.29, 0.717) is 0 Å². The molecule has 0 aliphatic rings. The Morgan fingerprint density at radius 1 is 0.250 bits per heavy atom. The first-order valence-corrected chi connectivity index (χ1v) is 0. The van der Waals surface area contributed by atoms with Gasteiger partial charge in [0.05, 0.1) is 0 Å². The van der Waals surface area contributed by atoms with E-state index in [1.165, 1.54) is 0 Å². The molecule has 0 amide bonds. The van der Waals surface area contributed by atoms with Gasteiger partial charge in [-0.25, -0.2) is 0 Å². The van der Waals surface area contributed by atoms with Crippen LogP contribution in [0.4, 0.5) is 0 Å². The van der Waals surface area contributed by atoms with Gasteiger partial charge in [0.25, 0.3) is 0 Å². The molecule has 0 unspecified atom stereocenters. The molecule has 0 N–H and O–H groups in total. The molecule has 0 fully saturated rings. The van der Waals surface area contributed by atoms with Gasteiger partial charge in [-0.3, -0.25) is 0 Å². The Kier molecular flexibility index (Phi) is 350. The maximum atomic E-state index is 0. The van der Waals surface area contributed by atoms with Crippen LogP contribution in [0, 0.1) is 141 Å². The summed E-state index contributed by atoms with van der Waals surface area (Å²) in [7, 11) is 0. The van der Waals surface area contributed by atoms with Gasteiger partial charge in [0.15, 0.2) is 0 Å². The third-order valence-electron chi connectivity index (χ3n) is 0. The van der Waals surface area contributed by atoms with Crippen molar-refractivity contribution in [2.24, 2.45) is 0 Å². The van der Waals surface area contributed by atoms with Crippen molar-refractivity contribution in [3.8, 4) is 0 Å². The molecule has 8 heteroatoms. The topological polar surface area (TPSA) is 0 Å². The molecule has 0 aromatic heterocycles. The summed E-state index contributed by atoms with van der Waals surface area (Å²) in [5.41, 5.74) is 0. The molecule has 0 rings (SSSR count). The predicted molar refractivity (Wildman–Crippen MR) is 56.7 cm³/mol. The van der Waals surface area contributed by atoms with E-state index in [4.69, 9.17) is 0 Å². The molecule has 0 aliphatic heterocycles. The smallest absolute Gasteiger partial charge is 0 e. The van der Waals surface area contributed by atoms with Crippen molar-refractivity contribution in [2.75, 3.05) is 0 Å². The third kappa shape index (κ3) is 37.8. The van der Waals surface area contributed by atoms with E-state index in [1.807, 2.05) is 0 Å². The molecular weight excluding hydrogens is 882 g/mol. The van der Waals surface area contributed by atoms with Gasteiger partial charge in [0.1, 0.15) is 0 Å². The van der Waals surface area contributed by atoms with Crippen molar-refractivity contribution in [2.45, 2.75) is 0 Å². The Morgan fingerprint density at radius 3 is 0.250 bits per heavy atom.